The van der Waals surface area contributed by atoms with Gasteiger partial charge in [0.05, 0.1) is 0 Å². The lowest BCUT2D eigenvalue weighted by molar-refractivity contribution is -0.120. The molecule has 0 radical (unpaired) electrons. The van der Waals surface area contributed by atoms with E-state index in [2.05, 4.69) is 4.84 Å². The second-order valence-corrected chi connectivity index (χ2v) is 0.987. The molecule has 0 aromatic rings. The normalized spacial score (nSPS) is 10.0. The summed E-state index contributed by atoms with van der Waals surface area (Å²) in [5.41, 5.74) is 1.71. The van der Waals surface area contributed by atoms with E-state index in [1.54, 1.807) is 5.48 Å². The monoisotopic (exact) mass is 131 g/mol. The number of hydroxylamine groups is 1. The van der Waals surface area contributed by atoms with Crippen LogP contribution in [0.5, 0.6) is 0 Å². The van der Waals surface area contributed by atoms with Crippen molar-refractivity contribution in [1.29, 1.82) is 0 Å². The molecule has 5 nitrogen and oxygen atoms in total. The fourth-order valence-electron chi connectivity index (χ4n) is 0.173. The molecule has 0 saturated heterocycles. The number of carbonyl (C=O) groups excluding carboxylic acids is 2. The minimum Gasteiger partial charge on any atom is -0.511 e. The molecule has 0 aliphatic rings. The molecule has 5 heteroatoms. The van der Waals surface area contributed by atoms with E-state index in [0.717, 1.165) is 0 Å². The Labute approximate surface area is 50.9 Å². The Morgan fingerprint density at radius 3 is 2.56 bits per heavy atom. The minimum atomic E-state index is -0.359. The molecule has 0 unspecified atom stereocenters. The van der Waals surface area contributed by atoms with Crippen molar-refractivity contribution < 1.29 is 19.5 Å². The summed E-state index contributed by atoms with van der Waals surface area (Å²) in [6.45, 7) is 0. The van der Waals surface area contributed by atoms with Crippen molar-refractivity contribution in [2.75, 3.05) is 0 Å². The molecule has 1 amide bonds. The van der Waals surface area contributed by atoms with Crippen LogP contribution in [0.3, 0.4) is 0 Å². The summed E-state index contributed by atoms with van der Waals surface area (Å²) in [5.74, 6) is -0.359. The highest BCUT2D eigenvalue weighted by molar-refractivity contribution is 5.69. The van der Waals surface area contributed by atoms with Crippen LogP contribution >= 0.6 is 0 Å². The largest absolute Gasteiger partial charge is 0.511 e. The van der Waals surface area contributed by atoms with Gasteiger partial charge >= 0.3 is 0 Å². The van der Waals surface area contributed by atoms with Crippen molar-refractivity contribution in [1.82, 2.24) is 5.48 Å². The van der Waals surface area contributed by atoms with Crippen LogP contribution in [-0.2, 0) is 14.4 Å². The van der Waals surface area contributed by atoms with Crippen LogP contribution < -0.4 is 5.48 Å². The van der Waals surface area contributed by atoms with Gasteiger partial charge in [0.25, 0.3) is 0 Å². The third kappa shape index (κ3) is 3.10. The first-order chi connectivity index (χ1) is 4.35. The van der Waals surface area contributed by atoms with Gasteiger partial charge in [-0.3, -0.25) is 9.59 Å². The summed E-state index contributed by atoms with van der Waals surface area (Å²) in [4.78, 5) is 23.3. The van der Waals surface area contributed by atoms with E-state index in [9.17, 15) is 9.59 Å². The topological polar surface area (TPSA) is 75.6 Å². The SMILES string of the molecule is O=CNO/C(C=O)=C\O. The van der Waals surface area contributed by atoms with Crippen LogP contribution in [-0.4, -0.2) is 17.8 Å². The highest BCUT2D eigenvalue weighted by atomic mass is 16.7. The van der Waals surface area contributed by atoms with Crippen molar-refractivity contribution in [2.24, 2.45) is 0 Å². The Morgan fingerprint density at radius 1 is 1.56 bits per heavy atom. The molecule has 0 heterocycles. The average Bonchev–Trinajstić information content (AvgIpc) is 1.91. The van der Waals surface area contributed by atoms with Crippen molar-refractivity contribution >= 4 is 12.7 Å². The zero-order valence-electron chi connectivity index (χ0n) is 4.40. The molecule has 0 atom stereocenters. The van der Waals surface area contributed by atoms with Gasteiger partial charge in [-0.1, -0.05) is 0 Å². The molecule has 0 rings (SSSR count). The maximum Gasteiger partial charge on any atom is 0.239 e. The fourth-order valence-corrected chi connectivity index (χ4v) is 0.173. The Bertz CT molecular complexity index is 131. The van der Waals surface area contributed by atoms with Gasteiger partial charge in [-0.05, 0) is 0 Å². The van der Waals surface area contributed by atoms with Gasteiger partial charge in [-0.15, -0.1) is 0 Å². The van der Waals surface area contributed by atoms with Gasteiger partial charge in [0, 0.05) is 0 Å². The van der Waals surface area contributed by atoms with E-state index in [4.69, 9.17) is 5.11 Å². The summed E-state index contributed by atoms with van der Waals surface area (Å²) >= 11 is 0. The number of amides is 1. The Morgan fingerprint density at radius 2 is 2.22 bits per heavy atom. The lowest BCUT2D eigenvalue weighted by atomic mass is 10.6. The molecule has 0 spiro atoms. The van der Waals surface area contributed by atoms with E-state index in [0.29, 0.717) is 6.26 Å². The number of aliphatic hydroxyl groups is 1. The molecule has 50 valence electrons. The molecule has 9 heavy (non-hydrogen) atoms. The molecular weight excluding hydrogens is 126 g/mol. The summed E-state index contributed by atoms with van der Waals surface area (Å²) < 4.78 is 0. The first kappa shape index (κ1) is 7.48. The highest BCUT2D eigenvalue weighted by Crippen LogP contribution is 1.83. The molecule has 0 aliphatic carbocycles. The first-order valence-corrected chi connectivity index (χ1v) is 2.00. The third-order valence-corrected chi connectivity index (χ3v) is 0.468. The number of nitrogens with one attached hydrogen (secondary N) is 1. The van der Waals surface area contributed by atoms with E-state index in [1.807, 2.05) is 0 Å². The van der Waals surface area contributed by atoms with Crippen LogP contribution in [0.25, 0.3) is 0 Å². The summed E-state index contributed by atoms with van der Waals surface area (Å²) in [6.07, 6.45) is 0.910. The molecule has 0 aliphatic heterocycles. The van der Waals surface area contributed by atoms with Crippen molar-refractivity contribution in [2.45, 2.75) is 0 Å². The van der Waals surface area contributed by atoms with Crippen molar-refractivity contribution in [3.05, 3.63) is 12.0 Å². The summed E-state index contributed by atoms with van der Waals surface area (Å²) in [5, 5.41) is 8.08. The fraction of sp³-hybridized carbons (Fsp3) is 0. The zero-order valence-corrected chi connectivity index (χ0v) is 4.40. The molecule has 0 aromatic carbocycles. The predicted octanol–water partition coefficient (Wildman–Crippen LogP) is -0.738. The van der Waals surface area contributed by atoms with Gasteiger partial charge in [0.1, 0.15) is 6.26 Å². The number of hydrogen-bond donors (Lipinski definition) is 2. The van der Waals surface area contributed by atoms with Crippen molar-refractivity contribution in [3.63, 3.8) is 0 Å². The molecule has 0 saturated carbocycles. The van der Waals surface area contributed by atoms with Crippen LogP contribution in [0.2, 0.25) is 0 Å². The number of rotatable bonds is 4. The standard InChI is InChI=1S/C4H5NO4/c6-1-4(2-7)9-5-3-8/h1-3,6H,(H,5,8)/b4-1-. The second-order valence-electron chi connectivity index (χ2n) is 0.987. The maximum absolute atomic E-state index is 9.73. The first-order valence-electron chi connectivity index (χ1n) is 2.00. The summed E-state index contributed by atoms with van der Waals surface area (Å²) in [7, 11) is 0. The van der Waals surface area contributed by atoms with Gasteiger partial charge in [-0.25, -0.2) is 0 Å². The van der Waals surface area contributed by atoms with Gasteiger partial charge < -0.3 is 9.94 Å². The van der Waals surface area contributed by atoms with E-state index in [-0.39, 0.29) is 18.5 Å². The average molecular weight is 131 g/mol. The van der Waals surface area contributed by atoms with Crippen LogP contribution in [0.4, 0.5) is 0 Å². The van der Waals surface area contributed by atoms with Gasteiger partial charge in [-0.2, -0.15) is 5.48 Å². The van der Waals surface area contributed by atoms with E-state index < -0.39 is 0 Å². The van der Waals surface area contributed by atoms with Gasteiger partial charge in [0.2, 0.25) is 12.2 Å². The predicted molar refractivity (Wildman–Crippen MR) is 27.1 cm³/mol. The van der Waals surface area contributed by atoms with Gasteiger partial charge in [0.15, 0.2) is 6.29 Å². The quantitative estimate of drug-likeness (QED) is 0.228. The third-order valence-electron chi connectivity index (χ3n) is 0.468. The molecular formula is C4H5NO4. The number of aliphatic hydroxyl groups excluding tert-OH is 1. The van der Waals surface area contributed by atoms with E-state index in [1.165, 1.54) is 0 Å². The molecule has 2 N–H and O–H groups in total. The molecule has 0 aromatic heterocycles. The highest BCUT2D eigenvalue weighted by Gasteiger charge is 1.91. The lowest BCUT2D eigenvalue weighted by Gasteiger charge is -1.96. The Balaban J connectivity index is 3.57. The minimum absolute atomic E-state index is 0.229. The molecule has 0 fully saturated rings. The Kier molecular flexibility index (Phi) is 3.85. The zero-order chi connectivity index (χ0) is 7.11. The number of aldehydes is 1. The number of carbonyl (C=O) groups is 2. The lowest BCUT2D eigenvalue weighted by Crippen LogP contribution is -2.11. The maximum atomic E-state index is 9.73. The van der Waals surface area contributed by atoms with Crippen LogP contribution in [0.1, 0.15) is 0 Å². The second kappa shape index (κ2) is 4.63. The van der Waals surface area contributed by atoms with Crippen molar-refractivity contribution in [3.8, 4) is 0 Å². The van der Waals surface area contributed by atoms with Crippen LogP contribution in [0, 0.1) is 0 Å². The summed E-state index contributed by atoms with van der Waals surface area (Å²) in [6, 6.07) is 0. The number of hydrogen-bond acceptors (Lipinski definition) is 4. The Hall–Kier alpha value is -1.52. The smallest absolute Gasteiger partial charge is 0.239 e. The number of allylic oxidation sites excluding steroid dienone is 1. The molecule has 0 bridgehead atoms. The van der Waals surface area contributed by atoms with Crippen LogP contribution in [0.15, 0.2) is 12.0 Å². The van der Waals surface area contributed by atoms with E-state index >= 15 is 0 Å².